The van der Waals surface area contributed by atoms with Crippen molar-refractivity contribution in [1.82, 2.24) is 0 Å². The van der Waals surface area contributed by atoms with E-state index in [0.29, 0.717) is 25.2 Å². The van der Waals surface area contributed by atoms with E-state index < -0.39 is 0 Å². The van der Waals surface area contributed by atoms with Crippen LogP contribution in [0.5, 0.6) is 0 Å². The number of carbonyl (C=O) groups is 2. The van der Waals surface area contributed by atoms with Gasteiger partial charge in [0, 0.05) is 5.57 Å². The summed E-state index contributed by atoms with van der Waals surface area (Å²) in [6.45, 7) is 8.25. The summed E-state index contributed by atoms with van der Waals surface area (Å²) in [6, 6.07) is 0. The van der Waals surface area contributed by atoms with Gasteiger partial charge in [0.05, 0.1) is 19.1 Å². The third-order valence-corrected chi connectivity index (χ3v) is 7.24. The van der Waals surface area contributed by atoms with E-state index in [1.165, 1.54) is 64.2 Å². The zero-order chi connectivity index (χ0) is 21.8. The topological polar surface area (TPSA) is 52.6 Å². The maximum Gasteiger partial charge on any atom is 0.333 e. The van der Waals surface area contributed by atoms with Gasteiger partial charge in [-0.3, -0.25) is 4.79 Å². The van der Waals surface area contributed by atoms with E-state index in [1.807, 2.05) is 0 Å². The second-order valence-corrected chi connectivity index (χ2v) is 9.68. The van der Waals surface area contributed by atoms with Gasteiger partial charge >= 0.3 is 11.9 Å². The van der Waals surface area contributed by atoms with Gasteiger partial charge in [-0.1, -0.05) is 52.0 Å². The minimum absolute atomic E-state index is 0.0213. The molecule has 0 bridgehead atoms. The molecule has 4 nitrogen and oxygen atoms in total. The Hall–Kier alpha value is -1.32. The predicted octanol–water partition coefficient (Wildman–Crippen LogP) is 6.62. The highest BCUT2D eigenvalue weighted by atomic mass is 16.5. The summed E-state index contributed by atoms with van der Waals surface area (Å²) in [5, 5.41) is 0. The first kappa shape index (κ1) is 24.9. The minimum Gasteiger partial charge on any atom is -0.465 e. The molecule has 4 heteroatoms. The van der Waals surface area contributed by atoms with Crippen LogP contribution in [-0.4, -0.2) is 25.2 Å². The highest BCUT2D eigenvalue weighted by Crippen LogP contribution is 2.42. The van der Waals surface area contributed by atoms with Crippen LogP contribution in [0.3, 0.4) is 0 Å². The Bertz CT molecular complexity index is 525. The molecule has 30 heavy (non-hydrogen) atoms. The molecule has 0 heterocycles. The molecule has 2 fully saturated rings. The molecule has 0 radical (unpaired) electrons. The molecular formula is C26H44O4. The molecule has 0 amide bonds. The van der Waals surface area contributed by atoms with Crippen LogP contribution in [0.15, 0.2) is 12.2 Å². The van der Waals surface area contributed by atoms with Gasteiger partial charge in [-0.2, -0.15) is 0 Å². The molecule has 0 atom stereocenters. The van der Waals surface area contributed by atoms with Crippen LogP contribution < -0.4 is 0 Å². The van der Waals surface area contributed by atoms with Crippen molar-refractivity contribution < 1.29 is 19.1 Å². The van der Waals surface area contributed by atoms with Crippen molar-refractivity contribution in [3.05, 3.63) is 12.2 Å². The van der Waals surface area contributed by atoms with Crippen molar-refractivity contribution in [3.63, 3.8) is 0 Å². The summed E-state index contributed by atoms with van der Waals surface area (Å²) in [5.74, 6) is 2.41. The molecule has 2 aliphatic carbocycles. The van der Waals surface area contributed by atoms with Gasteiger partial charge in [-0.25, -0.2) is 4.79 Å². The Balaban J connectivity index is 1.53. The summed E-state index contributed by atoms with van der Waals surface area (Å²) in [5.41, 5.74) is 0.414. The summed E-state index contributed by atoms with van der Waals surface area (Å²) in [4.78, 5) is 23.7. The number of unbranched alkanes of at least 4 members (excludes halogenated alkanes) is 3. The fourth-order valence-corrected chi connectivity index (χ4v) is 5.24. The first-order valence-electron chi connectivity index (χ1n) is 12.5. The van der Waals surface area contributed by atoms with Gasteiger partial charge in [0.2, 0.25) is 0 Å². The molecule has 0 aliphatic heterocycles. The van der Waals surface area contributed by atoms with E-state index in [9.17, 15) is 9.59 Å². The lowest BCUT2D eigenvalue weighted by Gasteiger charge is -2.37. The molecule has 2 aliphatic rings. The van der Waals surface area contributed by atoms with Crippen LogP contribution in [0.4, 0.5) is 0 Å². The average Bonchev–Trinajstić information content (AvgIpc) is 2.76. The van der Waals surface area contributed by atoms with E-state index >= 15 is 0 Å². The molecule has 0 unspecified atom stereocenters. The van der Waals surface area contributed by atoms with Crippen molar-refractivity contribution in [3.8, 4) is 0 Å². The normalized spacial score (nSPS) is 26.7. The van der Waals surface area contributed by atoms with Gasteiger partial charge in [0.15, 0.2) is 0 Å². The Labute approximate surface area is 184 Å². The van der Waals surface area contributed by atoms with Gasteiger partial charge in [-0.15, -0.1) is 0 Å². The third kappa shape index (κ3) is 8.81. The second kappa shape index (κ2) is 13.9. The zero-order valence-corrected chi connectivity index (χ0v) is 19.5. The summed E-state index contributed by atoms with van der Waals surface area (Å²) < 4.78 is 10.5. The maximum atomic E-state index is 12.4. The highest BCUT2D eigenvalue weighted by Gasteiger charge is 2.33. The second-order valence-electron chi connectivity index (χ2n) is 9.68. The zero-order valence-electron chi connectivity index (χ0n) is 19.5. The molecule has 2 rings (SSSR count). The summed E-state index contributed by atoms with van der Waals surface area (Å²) in [6.07, 6.45) is 17.1. The maximum absolute atomic E-state index is 12.4. The number of carbonyl (C=O) groups excluding carboxylic acids is 2. The quantitative estimate of drug-likeness (QED) is 0.202. The molecule has 0 aromatic rings. The Kier molecular flexibility index (Phi) is 11.5. The molecule has 0 spiro atoms. The molecule has 0 aromatic heterocycles. The largest absolute Gasteiger partial charge is 0.465 e. The van der Waals surface area contributed by atoms with Crippen LogP contribution in [0.2, 0.25) is 0 Å². The van der Waals surface area contributed by atoms with E-state index in [1.54, 1.807) is 6.92 Å². The minimum atomic E-state index is -0.353. The van der Waals surface area contributed by atoms with Crippen LogP contribution in [-0.2, 0) is 19.1 Å². The van der Waals surface area contributed by atoms with Gasteiger partial charge in [0.25, 0.3) is 0 Å². The Morgan fingerprint density at radius 2 is 1.37 bits per heavy atom. The van der Waals surface area contributed by atoms with Gasteiger partial charge in [-0.05, 0) is 76.0 Å². The number of hydrogen-bond acceptors (Lipinski definition) is 4. The fourth-order valence-electron chi connectivity index (χ4n) is 5.24. The van der Waals surface area contributed by atoms with Crippen molar-refractivity contribution in [2.45, 2.75) is 104 Å². The molecule has 2 saturated carbocycles. The van der Waals surface area contributed by atoms with Crippen LogP contribution in [0.1, 0.15) is 104 Å². The number of ether oxygens (including phenoxy) is 2. The average molecular weight is 421 g/mol. The summed E-state index contributed by atoms with van der Waals surface area (Å²) in [7, 11) is 0. The Morgan fingerprint density at radius 3 is 1.93 bits per heavy atom. The third-order valence-electron chi connectivity index (χ3n) is 7.24. The number of hydrogen-bond donors (Lipinski definition) is 0. The monoisotopic (exact) mass is 420 g/mol. The first-order chi connectivity index (χ1) is 14.5. The SMILES string of the molecule is C=C(C)C(=O)OCCCCOC(=O)C1CCC(C2CCC(CCCCC)CC2)CC1. The van der Waals surface area contributed by atoms with Crippen molar-refractivity contribution >= 4 is 11.9 Å². The van der Waals surface area contributed by atoms with Crippen molar-refractivity contribution in [2.24, 2.45) is 23.7 Å². The van der Waals surface area contributed by atoms with E-state index in [2.05, 4.69) is 13.5 Å². The van der Waals surface area contributed by atoms with E-state index in [4.69, 9.17) is 9.47 Å². The van der Waals surface area contributed by atoms with E-state index in [0.717, 1.165) is 37.0 Å². The van der Waals surface area contributed by atoms with Gasteiger partial charge in [0.1, 0.15) is 0 Å². The van der Waals surface area contributed by atoms with Gasteiger partial charge < -0.3 is 9.47 Å². The standard InChI is InChI=1S/C26H44O4/c1-4-5-6-9-21-10-12-22(13-11-21)23-14-16-24(17-15-23)26(28)30-19-8-7-18-29-25(27)20(2)3/h21-24H,2,4-19H2,1,3H3. The first-order valence-corrected chi connectivity index (χ1v) is 12.5. The molecular weight excluding hydrogens is 376 g/mol. The smallest absolute Gasteiger partial charge is 0.333 e. The van der Waals surface area contributed by atoms with E-state index in [-0.39, 0.29) is 17.9 Å². The summed E-state index contributed by atoms with van der Waals surface area (Å²) >= 11 is 0. The van der Waals surface area contributed by atoms with Crippen LogP contribution in [0, 0.1) is 23.7 Å². The predicted molar refractivity (Wildman–Crippen MR) is 121 cm³/mol. The lowest BCUT2D eigenvalue weighted by Crippen LogP contribution is -2.29. The lowest BCUT2D eigenvalue weighted by atomic mass is 9.68. The van der Waals surface area contributed by atoms with Crippen molar-refractivity contribution in [2.75, 3.05) is 13.2 Å². The Morgan fingerprint density at radius 1 is 0.800 bits per heavy atom. The fraction of sp³-hybridized carbons (Fsp3) is 0.846. The lowest BCUT2D eigenvalue weighted by molar-refractivity contribution is -0.150. The molecule has 172 valence electrons. The highest BCUT2D eigenvalue weighted by molar-refractivity contribution is 5.86. The number of esters is 2. The molecule has 0 aromatic carbocycles. The van der Waals surface area contributed by atoms with Crippen LogP contribution in [0.25, 0.3) is 0 Å². The van der Waals surface area contributed by atoms with Crippen LogP contribution >= 0.6 is 0 Å². The molecule has 0 saturated heterocycles. The number of rotatable bonds is 12. The molecule has 0 N–H and O–H groups in total. The van der Waals surface area contributed by atoms with Crippen molar-refractivity contribution in [1.29, 1.82) is 0 Å².